The molecule has 0 aliphatic heterocycles. The van der Waals surface area contributed by atoms with Gasteiger partial charge in [-0.05, 0) is 58.7 Å². The molecule has 0 spiro atoms. The van der Waals surface area contributed by atoms with Crippen LogP contribution in [0.5, 0.6) is 0 Å². The molecule has 2 aromatic heterocycles. The van der Waals surface area contributed by atoms with E-state index in [0.29, 0.717) is 5.82 Å². The van der Waals surface area contributed by atoms with Crippen LogP contribution in [-0.2, 0) is 0 Å². The van der Waals surface area contributed by atoms with Gasteiger partial charge in [-0.3, -0.25) is 0 Å². The quantitative estimate of drug-likeness (QED) is 0.734. The number of aromatic nitrogens is 4. The number of pyridine rings is 1. The Morgan fingerprint density at radius 2 is 1.85 bits per heavy atom. The fourth-order valence-corrected chi connectivity index (χ4v) is 2.23. The maximum absolute atomic E-state index is 5.68. The zero-order chi connectivity index (χ0) is 14.1. The van der Waals surface area contributed by atoms with Crippen molar-refractivity contribution in [1.82, 2.24) is 19.7 Å². The second-order valence-electron chi connectivity index (χ2n) is 4.40. The number of nitrogens with two attached hydrogens (primary N) is 1. The Morgan fingerprint density at radius 1 is 1.10 bits per heavy atom. The van der Waals surface area contributed by atoms with Crippen molar-refractivity contribution in [3.05, 3.63) is 52.9 Å². The first kappa shape index (κ1) is 12.8. The standard InChI is InChI=1S/C14H12BrN5/c1-9-6-7-17-14(12(9)15)20-8-18-13(19-20)10-2-4-11(16)5-3-10/h2-8H,16H2,1H3. The Bertz CT molecular complexity index is 749. The van der Waals surface area contributed by atoms with E-state index in [0.717, 1.165) is 27.1 Å². The highest BCUT2D eigenvalue weighted by atomic mass is 79.9. The average Bonchev–Trinajstić information content (AvgIpc) is 2.92. The molecule has 0 aliphatic rings. The summed E-state index contributed by atoms with van der Waals surface area (Å²) in [6.45, 7) is 2.01. The van der Waals surface area contributed by atoms with Crippen LogP contribution in [0.1, 0.15) is 5.56 Å². The van der Waals surface area contributed by atoms with Crippen LogP contribution < -0.4 is 5.73 Å². The first-order valence-corrected chi connectivity index (χ1v) is 6.83. The van der Waals surface area contributed by atoms with Crippen molar-refractivity contribution in [1.29, 1.82) is 0 Å². The maximum Gasteiger partial charge on any atom is 0.181 e. The fraction of sp³-hybridized carbons (Fsp3) is 0.0714. The minimum absolute atomic E-state index is 0.639. The highest BCUT2D eigenvalue weighted by Crippen LogP contribution is 2.23. The second kappa shape index (κ2) is 5.05. The lowest BCUT2D eigenvalue weighted by molar-refractivity contribution is 0.840. The van der Waals surface area contributed by atoms with E-state index in [9.17, 15) is 0 Å². The molecule has 0 saturated heterocycles. The van der Waals surface area contributed by atoms with Gasteiger partial charge in [0.15, 0.2) is 11.6 Å². The van der Waals surface area contributed by atoms with Crippen LogP contribution in [0, 0.1) is 6.92 Å². The van der Waals surface area contributed by atoms with E-state index in [1.54, 1.807) is 17.2 Å². The first-order chi connectivity index (χ1) is 9.65. The largest absolute Gasteiger partial charge is 0.399 e. The molecule has 0 fully saturated rings. The summed E-state index contributed by atoms with van der Waals surface area (Å²) in [5.74, 6) is 1.36. The lowest BCUT2D eigenvalue weighted by Crippen LogP contribution is -2.00. The highest BCUT2D eigenvalue weighted by molar-refractivity contribution is 9.10. The van der Waals surface area contributed by atoms with Crippen molar-refractivity contribution < 1.29 is 0 Å². The van der Waals surface area contributed by atoms with Crippen molar-refractivity contribution in [2.75, 3.05) is 5.73 Å². The van der Waals surface area contributed by atoms with Crippen LogP contribution in [0.2, 0.25) is 0 Å². The third-order valence-corrected chi connectivity index (χ3v) is 3.92. The van der Waals surface area contributed by atoms with Gasteiger partial charge in [0, 0.05) is 17.4 Å². The number of aryl methyl sites for hydroxylation is 1. The number of nitrogens with zero attached hydrogens (tertiary/aromatic N) is 4. The molecule has 0 unspecified atom stereocenters. The Kier molecular flexibility index (Phi) is 3.23. The summed E-state index contributed by atoms with van der Waals surface area (Å²) >= 11 is 3.52. The number of hydrogen-bond donors (Lipinski definition) is 1. The Labute approximate surface area is 124 Å². The molecular weight excluding hydrogens is 318 g/mol. The second-order valence-corrected chi connectivity index (χ2v) is 5.19. The molecule has 20 heavy (non-hydrogen) atoms. The molecule has 2 heterocycles. The lowest BCUT2D eigenvalue weighted by atomic mass is 10.2. The van der Waals surface area contributed by atoms with Crippen LogP contribution in [0.3, 0.4) is 0 Å². The minimum Gasteiger partial charge on any atom is -0.399 e. The summed E-state index contributed by atoms with van der Waals surface area (Å²) in [6.07, 6.45) is 3.40. The normalized spacial score (nSPS) is 10.7. The molecule has 5 nitrogen and oxygen atoms in total. The summed E-state index contributed by atoms with van der Waals surface area (Å²) in [6, 6.07) is 9.39. The van der Waals surface area contributed by atoms with E-state index >= 15 is 0 Å². The molecule has 0 bridgehead atoms. The summed E-state index contributed by atoms with van der Waals surface area (Å²) < 4.78 is 2.57. The summed E-state index contributed by atoms with van der Waals surface area (Å²) in [5.41, 5.74) is 8.41. The summed E-state index contributed by atoms with van der Waals surface area (Å²) in [7, 11) is 0. The van der Waals surface area contributed by atoms with Crippen molar-refractivity contribution >= 4 is 21.6 Å². The molecule has 0 atom stereocenters. The molecule has 0 amide bonds. The van der Waals surface area contributed by atoms with Crippen LogP contribution in [-0.4, -0.2) is 19.7 Å². The van der Waals surface area contributed by atoms with Gasteiger partial charge in [0.1, 0.15) is 6.33 Å². The molecule has 0 saturated carbocycles. The number of anilines is 1. The molecule has 3 rings (SSSR count). The van der Waals surface area contributed by atoms with Gasteiger partial charge in [-0.2, -0.15) is 0 Å². The molecule has 0 radical (unpaired) electrons. The Morgan fingerprint density at radius 3 is 2.60 bits per heavy atom. The molecule has 100 valence electrons. The average molecular weight is 330 g/mol. The van der Waals surface area contributed by atoms with Gasteiger partial charge < -0.3 is 5.73 Å². The van der Waals surface area contributed by atoms with Crippen molar-refractivity contribution in [2.45, 2.75) is 6.92 Å². The van der Waals surface area contributed by atoms with Crippen molar-refractivity contribution in [3.63, 3.8) is 0 Å². The smallest absolute Gasteiger partial charge is 0.181 e. The van der Waals surface area contributed by atoms with E-state index in [-0.39, 0.29) is 0 Å². The van der Waals surface area contributed by atoms with Gasteiger partial charge in [-0.1, -0.05) is 0 Å². The van der Waals surface area contributed by atoms with Gasteiger partial charge in [0.25, 0.3) is 0 Å². The highest BCUT2D eigenvalue weighted by Gasteiger charge is 2.10. The monoisotopic (exact) mass is 329 g/mol. The van der Waals surface area contributed by atoms with E-state index in [2.05, 4.69) is 31.0 Å². The van der Waals surface area contributed by atoms with E-state index in [4.69, 9.17) is 5.73 Å². The van der Waals surface area contributed by atoms with E-state index in [1.165, 1.54) is 0 Å². The zero-order valence-electron chi connectivity index (χ0n) is 10.8. The first-order valence-electron chi connectivity index (χ1n) is 6.04. The van der Waals surface area contributed by atoms with Gasteiger partial charge in [-0.15, -0.1) is 5.10 Å². The predicted molar refractivity (Wildman–Crippen MR) is 81.4 cm³/mol. The molecule has 3 aromatic rings. The van der Waals surface area contributed by atoms with Gasteiger partial charge in [0.05, 0.1) is 4.47 Å². The molecule has 1 aromatic carbocycles. The third-order valence-electron chi connectivity index (χ3n) is 2.94. The number of rotatable bonds is 2. The van der Waals surface area contributed by atoms with E-state index in [1.807, 2.05) is 37.3 Å². The summed E-state index contributed by atoms with van der Waals surface area (Å²) in [5, 5.41) is 4.45. The summed E-state index contributed by atoms with van der Waals surface area (Å²) in [4.78, 5) is 8.64. The predicted octanol–water partition coefficient (Wildman–Crippen LogP) is 2.98. The third kappa shape index (κ3) is 2.30. The maximum atomic E-state index is 5.68. The number of benzene rings is 1. The molecule has 6 heteroatoms. The minimum atomic E-state index is 0.639. The number of nitrogen functional groups attached to an aromatic ring is 1. The van der Waals surface area contributed by atoms with Crippen molar-refractivity contribution in [2.24, 2.45) is 0 Å². The van der Waals surface area contributed by atoms with Crippen LogP contribution in [0.25, 0.3) is 17.2 Å². The SMILES string of the molecule is Cc1ccnc(-n2cnc(-c3ccc(N)cc3)n2)c1Br. The van der Waals surface area contributed by atoms with Crippen LogP contribution in [0.15, 0.2) is 47.3 Å². The van der Waals surface area contributed by atoms with Crippen molar-refractivity contribution in [3.8, 4) is 17.2 Å². The van der Waals surface area contributed by atoms with Gasteiger partial charge in [0.2, 0.25) is 0 Å². The van der Waals surface area contributed by atoms with Crippen LogP contribution in [0.4, 0.5) is 5.69 Å². The number of halogens is 1. The van der Waals surface area contributed by atoms with E-state index < -0.39 is 0 Å². The Hall–Kier alpha value is -2.21. The molecule has 2 N–H and O–H groups in total. The Balaban J connectivity index is 2.02. The van der Waals surface area contributed by atoms with Gasteiger partial charge >= 0.3 is 0 Å². The van der Waals surface area contributed by atoms with Crippen LogP contribution >= 0.6 is 15.9 Å². The molecular formula is C14H12BrN5. The lowest BCUT2D eigenvalue weighted by Gasteiger charge is -2.04. The molecule has 0 aliphatic carbocycles. The van der Waals surface area contributed by atoms with Gasteiger partial charge in [-0.25, -0.2) is 14.6 Å². The zero-order valence-corrected chi connectivity index (χ0v) is 12.4. The topological polar surface area (TPSA) is 69.6 Å². The number of hydrogen-bond acceptors (Lipinski definition) is 4. The fourth-order valence-electron chi connectivity index (χ4n) is 1.82.